The van der Waals surface area contributed by atoms with Crippen molar-refractivity contribution in [2.45, 2.75) is 112 Å². The topological polar surface area (TPSA) is 87.0 Å². The lowest BCUT2D eigenvalue weighted by atomic mass is 9.73. The molecule has 1 aromatic carbocycles. The maximum Gasteiger partial charge on any atom is 0.309 e. The first-order chi connectivity index (χ1) is 18.9. The van der Waals surface area contributed by atoms with E-state index in [4.69, 9.17) is 4.74 Å². The Bertz CT molecular complexity index is 1240. The predicted octanol–water partition coefficient (Wildman–Crippen LogP) is 7.98. The van der Waals surface area contributed by atoms with E-state index in [0.717, 1.165) is 52.7 Å². The minimum absolute atomic E-state index is 0.202. The lowest BCUT2D eigenvalue weighted by Gasteiger charge is -2.34. The van der Waals surface area contributed by atoms with Crippen LogP contribution >= 0.6 is 0 Å². The van der Waals surface area contributed by atoms with Crippen LogP contribution in [0.5, 0.6) is 0 Å². The van der Waals surface area contributed by atoms with Crippen LogP contribution in [0.4, 0.5) is 0 Å². The fourth-order valence-electron chi connectivity index (χ4n) is 6.07. The molecule has 1 aromatic rings. The van der Waals surface area contributed by atoms with Crippen LogP contribution in [0.1, 0.15) is 105 Å². The van der Waals surface area contributed by atoms with Gasteiger partial charge in [0.25, 0.3) is 0 Å². The molecule has 0 amide bonds. The minimum Gasteiger partial charge on any atom is -0.481 e. The summed E-state index contributed by atoms with van der Waals surface area (Å²) in [7, 11) is 1.74. The van der Waals surface area contributed by atoms with Crippen molar-refractivity contribution in [3.05, 3.63) is 70.8 Å². The van der Waals surface area contributed by atoms with Gasteiger partial charge < -0.3 is 20.1 Å². The normalized spacial score (nSPS) is 22.4. The Morgan fingerprint density at radius 3 is 1.59 bits per heavy atom. The van der Waals surface area contributed by atoms with Gasteiger partial charge in [-0.25, -0.2) is 0 Å². The molecule has 0 saturated carbocycles. The maximum atomic E-state index is 11.7. The number of aliphatic carboxylic acids is 1. The van der Waals surface area contributed by atoms with Crippen molar-refractivity contribution in [2.75, 3.05) is 7.11 Å². The highest BCUT2D eigenvalue weighted by molar-refractivity contribution is 5.86. The molecule has 0 aliphatic heterocycles. The van der Waals surface area contributed by atoms with Gasteiger partial charge >= 0.3 is 5.97 Å². The Balaban J connectivity index is 1.91. The Morgan fingerprint density at radius 1 is 0.780 bits per heavy atom. The maximum absolute atomic E-state index is 11.7. The van der Waals surface area contributed by atoms with Crippen molar-refractivity contribution < 1.29 is 24.9 Å². The highest BCUT2D eigenvalue weighted by atomic mass is 16.5. The van der Waals surface area contributed by atoms with Gasteiger partial charge in [-0.3, -0.25) is 4.79 Å². The third-order valence-corrected chi connectivity index (χ3v) is 8.65. The molecular weight excluding hydrogens is 512 g/mol. The van der Waals surface area contributed by atoms with Gasteiger partial charge in [0.05, 0.1) is 11.0 Å². The number of aliphatic hydroxyl groups is 2. The molecule has 0 bridgehead atoms. The fraction of sp³-hybridized carbons (Fsp3) is 0.583. The average Bonchev–Trinajstić information content (AvgIpc) is 2.87. The van der Waals surface area contributed by atoms with E-state index in [9.17, 15) is 20.1 Å². The summed E-state index contributed by atoms with van der Waals surface area (Å²) in [5, 5.41) is 32.8. The van der Waals surface area contributed by atoms with E-state index >= 15 is 0 Å². The number of carboxylic acids is 1. The van der Waals surface area contributed by atoms with Gasteiger partial charge in [0.2, 0.25) is 0 Å². The zero-order chi connectivity index (χ0) is 30.8. The zero-order valence-corrected chi connectivity index (χ0v) is 26.7. The highest BCUT2D eigenvalue weighted by Gasteiger charge is 2.34. The first kappa shape index (κ1) is 33.0. The summed E-state index contributed by atoms with van der Waals surface area (Å²) >= 11 is 0. The molecule has 0 spiro atoms. The number of benzene rings is 1. The van der Waals surface area contributed by atoms with Crippen LogP contribution in [-0.2, 0) is 9.53 Å². The second-order valence-corrected chi connectivity index (χ2v) is 14.5. The average molecular weight is 565 g/mol. The highest BCUT2D eigenvalue weighted by Crippen LogP contribution is 2.44. The number of carbonyl (C=O) groups is 1. The van der Waals surface area contributed by atoms with Crippen molar-refractivity contribution in [3.8, 4) is 0 Å². The summed E-state index contributed by atoms with van der Waals surface area (Å²) < 4.78 is 5.60. The van der Waals surface area contributed by atoms with Gasteiger partial charge in [0, 0.05) is 17.9 Å². The van der Waals surface area contributed by atoms with Gasteiger partial charge in [-0.2, -0.15) is 0 Å². The number of allylic oxidation sites excluding steroid dienone is 4. The van der Waals surface area contributed by atoms with Gasteiger partial charge in [0.1, 0.15) is 12.2 Å². The summed E-state index contributed by atoms with van der Waals surface area (Å²) in [6.45, 7) is 16.3. The van der Waals surface area contributed by atoms with Crippen LogP contribution in [0.25, 0.3) is 11.1 Å². The molecule has 0 aromatic heterocycles. The van der Waals surface area contributed by atoms with Gasteiger partial charge in [-0.05, 0) is 99.6 Å². The molecule has 5 heteroatoms. The smallest absolute Gasteiger partial charge is 0.309 e. The summed E-state index contributed by atoms with van der Waals surface area (Å²) in [4.78, 5) is 11.6. The van der Waals surface area contributed by atoms with Crippen molar-refractivity contribution in [2.24, 2.45) is 16.2 Å². The molecule has 0 radical (unpaired) electrons. The molecule has 41 heavy (non-hydrogen) atoms. The lowest BCUT2D eigenvalue weighted by molar-refractivity contribution is -0.147. The molecule has 3 N–H and O–H groups in total. The predicted molar refractivity (Wildman–Crippen MR) is 168 cm³/mol. The van der Waals surface area contributed by atoms with E-state index in [1.807, 2.05) is 24.3 Å². The van der Waals surface area contributed by atoms with Gasteiger partial charge in [-0.15, -0.1) is 0 Å². The van der Waals surface area contributed by atoms with Crippen LogP contribution in [0.15, 0.2) is 59.7 Å². The first-order valence-corrected chi connectivity index (χ1v) is 15.0. The fourth-order valence-corrected chi connectivity index (χ4v) is 6.07. The second-order valence-electron chi connectivity index (χ2n) is 14.5. The Hall–Kier alpha value is -2.47. The van der Waals surface area contributed by atoms with E-state index < -0.39 is 23.6 Å². The Morgan fingerprint density at radius 2 is 1.20 bits per heavy atom. The van der Waals surface area contributed by atoms with Crippen molar-refractivity contribution >= 4 is 17.1 Å². The van der Waals surface area contributed by atoms with Crippen LogP contribution in [0.3, 0.4) is 0 Å². The van der Waals surface area contributed by atoms with Crippen LogP contribution in [0, 0.1) is 16.2 Å². The quantitative estimate of drug-likeness (QED) is 0.224. The molecule has 2 aliphatic carbocycles. The molecule has 5 nitrogen and oxygen atoms in total. The summed E-state index contributed by atoms with van der Waals surface area (Å²) in [5.41, 5.74) is 4.00. The minimum atomic E-state index is -0.804. The molecule has 0 heterocycles. The van der Waals surface area contributed by atoms with Crippen molar-refractivity contribution in [3.63, 3.8) is 0 Å². The molecular formula is C36H52O5. The summed E-state index contributed by atoms with van der Waals surface area (Å²) in [5.74, 6) is -0.802. The number of rotatable bonds is 12. The van der Waals surface area contributed by atoms with Crippen molar-refractivity contribution in [1.82, 2.24) is 0 Å². The Kier molecular flexibility index (Phi) is 10.00. The van der Waals surface area contributed by atoms with E-state index in [-0.39, 0.29) is 16.4 Å². The number of carboxylic acid groups (broad SMARTS) is 1. The van der Waals surface area contributed by atoms with Crippen LogP contribution in [-0.4, -0.2) is 46.2 Å². The largest absolute Gasteiger partial charge is 0.481 e. The van der Waals surface area contributed by atoms with E-state index in [1.165, 1.54) is 0 Å². The molecule has 2 aliphatic rings. The first-order valence-electron chi connectivity index (χ1n) is 15.0. The van der Waals surface area contributed by atoms with Crippen molar-refractivity contribution in [1.29, 1.82) is 0 Å². The number of hydrogen-bond donors (Lipinski definition) is 3. The van der Waals surface area contributed by atoms with Gasteiger partial charge in [0.15, 0.2) is 0 Å². The standard InChI is InChI=1S/C36H52O5/c1-33(2)20-24(14-12-18-35(5,6)32(39)40)30(37)28(22-33)26-16-10-11-17-27(26)29-23-34(3,4)21-25(31(29)38)15-13-19-36(7,8)41-9/h10-11,16-17,20-23,30-31,37-38H,12-15,18-19H2,1-9H3,(H,39,40). The lowest BCUT2D eigenvalue weighted by Crippen LogP contribution is -2.27. The molecule has 2 atom stereocenters. The molecule has 3 rings (SSSR count). The monoisotopic (exact) mass is 564 g/mol. The number of hydrogen-bond acceptors (Lipinski definition) is 4. The number of methoxy groups -OCH3 is 1. The van der Waals surface area contributed by atoms with Gasteiger partial charge in [-0.1, -0.05) is 76.3 Å². The third kappa shape index (κ3) is 8.30. The second kappa shape index (κ2) is 12.4. The molecule has 2 unspecified atom stereocenters. The zero-order valence-electron chi connectivity index (χ0n) is 26.7. The number of ether oxygens (including phenoxy) is 1. The third-order valence-electron chi connectivity index (χ3n) is 8.65. The molecule has 0 saturated heterocycles. The summed E-state index contributed by atoms with van der Waals surface area (Å²) in [6, 6.07) is 8.06. The van der Waals surface area contributed by atoms with E-state index in [2.05, 4.69) is 65.8 Å². The van der Waals surface area contributed by atoms with Crippen LogP contribution in [0.2, 0.25) is 0 Å². The Labute approximate surface area is 247 Å². The molecule has 0 fully saturated rings. The SMILES string of the molecule is COC(C)(C)CCCC1=CC(C)(C)C=C(c2ccccc2C2=CC(C)(C)C=C(CCCC(C)(C)C(=O)O)C2O)C1O. The van der Waals surface area contributed by atoms with Crippen LogP contribution < -0.4 is 0 Å². The van der Waals surface area contributed by atoms with E-state index in [0.29, 0.717) is 19.3 Å². The van der Waals surface area contributed by atoms with E-state index in [1.54, 1.807) is 21.0 Å². The number of aliphatic hydroxyl groups excluding tert-OH is 2. The molecule has 226 valence electrons. The summed E-state index contributed by atoms with van der Waals surface area (Å²) in [6.07, 6.45) is 11.5.